The molecule has 0 spiro atoms. The van der Waals surface area contributed by atoms with Crippen LogP contribution in [0.3, 0.4) is 0 Å². The molecule has 0 saturated carbocycles. The Labute approximate surface area is 54.4 Å². The third kappa shape index (κ3) is 4.56. The maximum atomic E-state index is 7.32. The van der Waals surface area contributed by atoms with Gasteiger partial charge in [0.2, 0.25) is 0 Å². The number of hydrogen-bond acceptors (Lipinski definition) is 2. The van der Waals surface area contributed by atoms with Crippen LogP contribution in [0.1, 0.15) is 12.7 Å². The first kappa shape index (κ1) is 7.70. The van der Waals surface area contributed by atoms with Crippen LogP contribution < -0.4 is 0 Å². The Morgan fingerprint density at radius 3 is 2.44 bits per heavy atom. The van der Waals surface area contributed by atoms with Gasteiger partial charge < -0.3 is 4.98 Å². The number of imidazole rings is 1. The predicted molar refractivity (Wildman–Crippen MR) is 34.6 cm³/mol. The third-order valence-electron chi connectivity index (χ3n) is 0.635. The van der Waals surface area contributed by atoms with Gasteiger partial charge in [0.05, 0.1) is 6.07 Å². The van der Waals surface area contributed by atoms with Crippen molar-refractivity contribution in [2.24, 2.45) is 0 Å². The lowest BCUT2D eigenvalue weighted by Crippen LogP contribution is -1.66. The van der Waals surface area contributed by atoms with Crippen molar-refractivity contribution in [2.75, 3.05) is 0 Å². The standard InChI is InChI=1S/C4H6N2.C2H3N/c1-4-5-2-3-6-4;1-2-3/h2-3H,1H3,(H,5,6);1H3. The van der Waals surface area contributed by atoms with Crippen molar-refractivity contribution in [3.05, 3.63) is 18.2 Å². The first-order chi connectivity index (χ1) is 4.31. The Hall–Kier alpha value is -1.30. The van der Waals surface area contributed by atoms with E-state index in [0.29, 0.717) is 0 Å². The van der Waals surface area contributed by atoms with Gasteiger partial charge in [-0.25, -0.2) is 4.98 Å². The molecule has 1 heterocycles. The molecule has 0 saturated heterocycles. The minimum atomic E-state index is 0.968. The number of nitrogens with zero attached hydrogens (tertiary/aromatic N) is 2. The Kier molecular flexibility index (Phi) is 4.15. The molecule has 0 radical (unpaired) electrons. The van der Waals surface area contributed by atoms with Gasteiger partial charge in [-0.05, 0) is 6.92 Å². The van der Waals surface area contributed by atoms with Crippen molar-refractivity contribution in [1.29, 1.82) is 5.26 Å². The van der Waals surface area contributed by atoms with Crippen LogP contribution in [0.25, 0.3) is 0 Å². The topological polar surface area (TPSA) is 52.5 Å². The molecule has 0 aromatic carbocycles. The minimum Gasteiger partial charge on any atom is -0.349 e. The largest absolute Gasteiger partial charge is 0.349 e. The van der Waals surface area contributed by atoms with Gasteiger partial charge in [-0.15, -0.1) is 0 Å². The van der Waals surface area contributed by atoms with Crippen molar-refractivity contribution < 1.29 is 0 Å². The van der Waals surface area contributed by atoms with Gasteiger partial charge in [0, 0.05) is 19.3 Å². The van der Waals surface area contributed by atoms with Gasteiger partial charge in [0.15, 0.2) is 0 Å². The van der Waals surface area contributed by atoms with E-state index in [9.17, 15) is 0 Å². The van der Waals surface area contributed by atoms with Crippen molar-refractivity contribution in [3.8, 4) is 6.07 Å². The maximum absolute atomic E-state index is 7.32. The van der Waals surface area contributed by atoms with E-state index in [2.05, 4.69) is 9.97 Å². The van der Waals surface area contributed by atoms with E-state index >= 15 is 0 Å². The van der Waals surface area contributed by atoms with Crippen LogP contribution in [0, 0.1) is 18.3 Å². The highest BCUT2D eigenvalue weighted by Crippen LogP contribution is 1.78. The zero-order valence-electron chi connectivity index (χ0n) is 5.55. The number of nitriles is 1. The normalized spacial score (nSPS) is 6.78. The van der Waals surface area contributed by atoms with E-state index in [1.165, 1.54) is 6.92 Å². The highest BCUT2D eigenvalue weighted by Gasteiger charge is 1.73. The molecule has 0 aliphatic rings. The van der Waals surface area contributed by atoms with Crippen molar-refractivity contribution >= 4 is 0 Å². The van der Waals surface area contributed by atoms with Crippen molar-refractivity contribution in [2.45, 2.75) is 13.8 Å². The monoisotopic (exact) mass is 123 g/mol. The summed E-state index contributed by atoms with van der Waals surface area (Å²) >= 11 is 0. The van der Waals surface area contributed by atoms with Crippen LogP contribution in [0.2, 0.25) is 0 Å². The lowest BCUT2D eigenvalue weighted by Gasteiger charge is -1.68. The minimum absolute atomic E-state index is 0.968. The van der Waals surface area contributed by atoms with Crippen LogP contribution >= 0.6 is 0 Å². The first-order valence-electron chi connectivity index (χ1n) is 2.58. The van der Waals surface area contributed by atoms with Crippen LogP contribution in [-0.2, 0) is 0 Å². The van der Waals surface area contributed by atoms with E-state index in [4.69, 9.17) is 5.26 Å². The summed E-state index contributed by atoms with van der Waals surface area (Å²) in [7, 11) is 0. The van der Waals surface area contributed by atoms with Crippen LogP contribution in [0.4, 0.5) is 0 Å². The molecule has 1 aromatic heterocycles. The third-order valence-corrected chi connectivity index (χ3v) is 0.635. The molecule has 0 aliphatic carbocycles. The average molecular weight is 123 g/mol. The van der Waals surface area contributed by atoms with Crippen LogP contribution in [0.15, 0.2) is 12.4 Å². The summed E-state index contributed by atoms with van der Waals surface area (Å²) in [5.74, 6) is 0.968. The molecule has 0 atom stereocenters. The molecule has 3 heteroatoms. The van der Waals surface area contributed by atoms with E-state index in [1.807, 2.05) is 6.92 Å². The van der Waals surface area contributed by atoms with Crippen LogP contribution in [0.5, 0.6) is 0 Å². The Bertz CT molecular complexity index is 171. The SMILES string of the molecule is CC#N.Cc1ncc[nH]1. The van der Waals surface area contributed by atoms with Gasteiger partial charge in [-0.3, -0.25) is 0 Å². The zero-order chi connectivity index (χ0) is 7.11. The zero-order valence-corrected chi connectivity index (χ0v) is 5.55. The maximum Gasteiger partial charge on any atom is 0.102 e. The molecular formula is C6H9N3. The number of H-pyrrole nitrogens is 1. The summed E-state index contributed by atoms with van der Waals surface area (Å²) in [6.45, 7) is 3.35. The molecule has 0 aliphatic heterocycles. The number of aryl methyl sites for hydroxylation is 1. The molecule has 1 N–H and O–H groups in total. The molecule has 9 heavy (non-hydrogen) atoms. The molecule has 0 unspecified atom stereocenters. The quantitative estimate of drug-likeness (QED) is 0.564. The molecule has 0 fully saturated rings. The number of aromatic nitrogens is 2. The number of hydrogen-bond donors (Lipinski definition) is 1. The summed E-state index contributed by atoms with van der Waals surface area (Å²) in [6, 6.07) is 1.75. The second-order valence-electron chi connectivity index (χ2n) is 1.40. The van der Waals surface area contributed by atoms with Gasteiger partial charge in [0.25, 0.3) is 0 Å². The smallest absolute Gasteiger partial charge is 0.102 e. The Morgan fingerprint density at radius 1 is 1.78 bits per heavy atom. The number of rotatable bonds is 0. The highest BCUT2D eigenvalue weighted by molar-refractivity contribution is 4.80. The molecule has 48 valence electrons. The number of aromatic amines is 1. The van der Waals surface area contributed by atoms with E-state index in [0.717, 1.165) is 5.82 Å². The summed E-state index contributed by atoms with van der Waals surface area (Å²) in [5, 5.41) is 7.32. The molecule has 1 rings (SSSR count). The van der Waals surface area contributed by atoms with E-state index in [1.54, 1.807) is 18.5 Å². The fraction of sp³-hybridized carbons (Fsp3) is 0.333. The van der Waals surface area contributed by atoms with Gasteiger partial charge in [-0.2, -0.15) is 5.26 Å². The van der Waals surface area contributed by atoms with Crippen molar-refractivity contribution in [3.63, 3.8) is 0 Å². The Balaban J connectivity index is 0.000000187. The van der Waals surface area contributed by atoms with Crippen molar-refractivity contribution in [1.82, 2.24) is 9.97 Å². The molecule has 3 nitrogen and oxygen atoms in total. The molecule has 0 amide bonds. The fourth-order valence-corrected chi connectivity index (χ4v) is 0.344. The first-order valence-corrected chi connectivity index (χ1v) is 2.58. The molecular weight excluding hydrogens is 114 g/mol. The fourth-order valence-electron chi connectivity index (χ4n) is 0.344. The second-order valence-corrected chi connectivity index (χ2v) is 1.40. The lowest BCUT2D eigenvalue weighted by atomic mass is 10.8. The summed E-state index contributed by atoms with van der Waals surface area (Å²) in [4.78, 5) is 6.75. The molecule has 1 aromatic rings. The summed E-state index contributed by atoms with van der Waals surface area (Å²) < 4.78 is 0. The predicted octanol–water partition coefficient (Wildman–Crippen LogP) is 1.25. The van der Waals surface area contributed by atoms with Gasteiger partial charge >= 0.3 is 0 Å². The highest BCUT2D eigenvalue weighted by atomic mass is 14.9. The average Bonchev–Trinajstić information content (AvgIpc) is 2.20. The number of nitrogens with one attached hydrogen (secondary N) is 1. The van der Waals surface area contributed by atoms with Gasteiger partial charge in [0.1, 0.15) is 5.82 Å². The van der Waals surface area contributed by atoms with Gasteiger partial charge in [-0.1, -0.05) is 0 Å². The Morgan fingerprint density at radius 2 is 2.33 bits per heavy atom. The van der Waals surface area contributed by atoms with Crippen LogP contribution in [-0.4, -0.2) is 9.97 Å². The molecule has 0 bridgehead atoms. The summed E-state index contributed by atoms with van der Waals surface area (Å²) in [6.07, 6.45) is 3.53. The van der Waals surface area contributed by atoms with E-state index in [-0.39, 0.29) is 0 Å². The lowest BCUT2D eigenvalue weighted by molar-refractivity contribution is 1.15. The van der Waals surface area contributed by atoms with E-state index < -0.39 is 0 Å². The summed E-state index contributed by atoms with van der Waals surface area (Å²) in [5.41, 5.74) is 0. The second kappa shape index (κ2) is 4.85.